The Morgan fingerprint density at radius 2 is 1.82 bits per heavy atom. The molecule has 1 aromatic rings. The highest BCUT2D eigenvalue weighted by Gasteiger charge is 2.40. The zero-order valence-corrected chi connectivity index (χ0v) is 13.1. The van der Waals surface area contributed by atoms with Crippen LogP contribution < -0.4 is 0 Å². The van der Waals surface area contributed by atoms with Crippen LogP contribution in [0.3, 0.4) is 0 Å². The number of hydrogen-bond donors (Lipinski definition) is 0. The lowest BCUT2D eigenvalue weighted by Crippen LogP contribution is -2.47. The number of nitrogens with zero attached hydrogens (tertiary/aromatic N) is 1. The molecule has 118 valence electrons. The Kier molecular flexibility index (Phi) is 4.60. The fourth-order valence-electron chi connectivity index (χ4n) is 3.10. The molecule has 1 spiro atoms. The monoisotopic (exact) mass is 301 g/mol. The molecule has 2 heterocycles. The van der Waals surface area contributed by atoms with Crippen LogP contribution in [0, 0.1) is 0 Å². The first kappa shape index (κ1) is 15.3. The van der Waals surface area contributed by atoms with Crippen molar-refractivity contribution in [3.05, 3.63) is 41.5 Å². The first-order valence-corrected chi connectivity index (χ1v) is 8.05. The third-order valence-corrected chi connectivity index (χ3v) is 4.42. The summed E-state index contributed by atoms with van der Waals surface area (Å²) in [5.41, 5.74) is 1.93. The number of rotatable bonds is 3. The summed E-state index contributed by atoms with van der Waals surface area (Å²) in [6.45, 7) is 4.77. The third-order valence-electron chi connectivity index (χ3n) is 4.42. The second kappa shape index (κ2) is 6.63. The molecule has 4 heteroatoms. The molecule has 1 amide bonds. The van der Waals surface area contributed by atoms with Gasteiger partial charge in [0, 0.05) is 31.5 Å². The zero-order chi connectivity index (χ0) is 15.4. The minimum absolute atomic E-state index is 0.138. The molecule has 0 radical (unpaired) electrons. The van der Waals surface area contributed by atoms with Crippen LogP contribution in [0.5, 0.6) is 0 Å². The molecule has 1 aromatic carbocycles. The van der Waals surface area contributed by atoms with Gasteiger partial charge in [-0.25, -0.2) is 0 Å². The van der Waals surface area contributed by atoms with E-state index < -0.39 is 5.79 Å². The Morgan fingerprint density at radius 3 is 2.41 bits per heavy atom. The highest BCUT2D eigenvalue weighted by molar-refractivity contribution is 5.97. The molecule has 3 rings (SSSR count). The van der Waals surface area contributed by atoms with E-state index in [9.17, 15) is 4.79 Å². The number of amides is 1. The SMILES string of the molecule is CC/C(=C\c1ccccc1)C(=O)N1CCC2(CC1)OCCO2. The van der Waals surface area contributed by atoms with E-state index in [0.29, 0.717) is 26.3 Å². The summed E-state index contributed by atoms with van der Waals surface area (Å²) in [7, 11) is 0. The van der Waals surface area contributed by atoms with Crippen molar-refractivity contribution in [2.24, 2.45) is 0 Å². The molecule has 2 saturated heterocycles. The molecule has 0 saturated carbocycles. The van der Waals surface area contributed by atoms with E-state index in [2.05, 4.69) is 0 Å². The van der Waals surface area contributed by atoms with Gasteiger partial charge in [-0.1, -0.05) is 37.3 Å². The molecule has 2 fully saturated rings. The van der Waals surface area contributed by atoms with E-state index in [1.54, 1.807) is 0 Å². The third kappa shape index (κ3) is 3.23. The number of benzene rings is 1. The average Bonchev–Trinajstić information content (AvgIpc) is 3.02. The average molecular weight is 301 g/mol. The molecule has 22 heavy (non-hydrogen) atoms. The highest BCUT2D eigenvalue weighted by atomic mass is 16.7. The van der Waals surface area contributed by atoms with Crippen LogP contribution in [-0.2, 0) is 14.3 Å². The lowest BCUT2D eigenvalue weighted by atomic mass is 10.0. The lowest BCUT2D eigenvalue weighted by Gasteiger charge is -2.37. The molecule has 0 atom stereocenters. The van der Waals surface area contributed by atoms with Gasteiger partial charge in [-0.05, 0) is 18.1 Å². The van der Waals surface area contributed by atoms with Crippen molar-refractivity contribution in [3.8, 4) is 0 Å². The standard InChI is InChI=1S/C18H23NO3/c1-2-16(14-15-6-4-3-5-7-15)17(20)19-10-8-18(9-11-19)21-12-13-22-18/h3-7,14H,2,8-13H2,1H3/b16-14+. The molecular weight excluding hydrogens is 278 g/mol. The molecule has 0 bridgehead atoms. The van der Waals surface area contributed by atoms with E-state index in [0.717, 1.165) is 30.4 Å². The predicted octanol–water partition coefficient (Wildman–Crippen LogP) is 2.85. The van der Waals surface area contributed by atoms with Gasteiger partial charge >= 0.3 is 0 Å². The summed E-state index contributed by atoms with van der Waals surface area (Å²) >= 11 is 0. The highest BCUT2D eigenvalue weighted by Crippen LogP contribution is 2.31. The van der Waals surface area contributed by atoms with Crippen molar-refractivity contribution in [1.82, 2.24) is 4.90 Å². The van der Waals surface area contributed by atoms with Gasteiger partial charge < -0.3 is 14.4 Å². The van der Waals surface area contributed by atoms with Gasteiger partial charge in [0.2, 0.25) is 5.91 Å². The smallest absolute Gasteiger partial charge is 0.249 e. The van der Waals surface area contributed by atoms with E-state index >= 15 is 0 Å². The first-order chi connectivity index (χ1) is 10.7. The molecule has 0 aliphatic carbocycles. The van der Waals surface area contributed by atoms with Crippen molar-refractivity contribution in [2.75, 3.05) is 26.3 Å². The van der Waals surface area contributed by atoms with Gasteiger partial charge in [-0.3, -0.25) is 4.79 Å². The molecule has 0 N–H and O–H groups in total. The maximum Gasteiger partial charge on any atom is 0.249 e. The second-order valence-corrected chi connectivity index (χ2v) is 5.83. The van der Waals surface area contributed by atoms with Crippen LogP contribution in [0.2, 0.25) is 0 Å². The summed E-state index contributed by atoms with van der Waals surface area (Å²) in [6.07, 6.45) is 4.26. The fraction of sp³-hybridized carbons (Fsp3) is 0.500. The largest absolute Gasteiger partial charge is 0.347 e. The van der Waals surface area contributed by atoms with Crippen LogP contribution in [-0.4, -0.2) is 42.9 Å². The maximum absolute atomic E-state index is 12.7. The summed E-state index contributed by atoms with van der Waals surface area (Å²) in [4.78, 5) is 14.6. The van der Waals surface area contributed by atoms with Crippen molar-refractivity contribution in [2.45, 2.75) is 32.0 Å². The number of likely N-dealkylation sites (tertiary alicyclic amines) is 1. The molecular formula is C18H23NO3. The van der Waals surface area contributed by atoms with Gasteiger partial charge in [-0.15, -0.1) is 0 Å². The Labute approximate surface area is 131 Å². The topological polar surface area (TPSA) is 38.8 Å². The van der Waals surface area contributed by atoms with E-state index in [-0.39, 0.29) is 5.91 Å². The van der Waals surface area contributed by atoms with Crippen LogP contribution in [0.1, 0.15) is 31.7 Å². The number of carbonyl (C=O) groups is 1. The Balaban J connectivity index is 1.66. The number of hydrogen-bond acceptors (Lipinski definition) is 3. The van der Waals surface area contributed by atoms with Gasteiger partial charge in [0.05, 0.1) is 13.2 Å². The zero-order valence-electron chi connectivity index (χ0n) is 13.1. The number of piperidine rings is 1. The van der Waals surface area contributed by atoms with Crippen molar-refractivity contribution >= 4 is 12.0 Å². The van der Waals surface area contributed by atoms with Crippen LogP contribution >= 0.6 is 0 Å². The quantitative estimate of drug-likeness (QED) is 0.806. The summed E-state index contributed by atoms with van der Waals surface area (Å²) in [5.74, 6) is -0.286. The van der Waals surface area contributed by atoms with Crippen LogP contribution in [0.15, 0.2) is 35.9 Å². The summed E-state index contributed by atoms with van der Waals surface area (Å²) in [6, 6.07) is 10.0. The Hall–Kier alpha value is -1.65. The van der Waals surface area contributed by atoms with Crippen molar-refractivity contribution in [3.63, 3.8) is 0 Å². The molecule has 4 nitrogen and oxygen atoms in total. The summed E-state index contributed by atoms with van der Waals surface area (Å²) < 4.78 is 11.4. The van der Waals surface area contributed by atoms with E-state index in [1.807, 2.05) is 48.2 Å². The fourth-order valence-corrected chi connectivity index (χ4v) is 3.10. The van der Waals surface area contributed by atoms with Crippen molar-refractivity contribution < 1.29 is 14.3 Å². The van der Waals surface area contributed by atoms with E-state index in [4.69, 9.17) is 9.47 Å². The lowest BCUT2D eigenvalue weighted by molar-refractivity contribution is -0.186. The van der Waals surface area contributed by atoms with Gasteiger partial charge in [-0.2, -0.15) is 0 Å². The second-order valence-electron chi connectivity index (χ2n) is 5.83. The Bertz CT molecular complexity index is 537. The van der Waals surface area contributed by atoms with Gasteiger partial charge in [0.1, 0.15) is 0 Å². The molecule has 0 aromatic heterocycles. The van der Waals surface area contributed by atoms with Crippen LogP contribution in [0.25, 0.3) is 6.08 Å². The number of carbonyl (C=O) groups excluding carboxylic acids is 1. The predicted molar refractivity (Wildman–Crippen MR) is 85.2 cm³/mol. The van der Waals surface area contributed by atoms with Gasteiger partial charge in [0.15, 0.2) is 5.79 Å². The van der Waals surface area contributed by atoms with E-state index in [1.165, 1.54) is 0 Å². The number of ether oxygens (including phenoxy) is 2. The Morgan fingerprint density at radius 1 is 1.18 bits per heavy atom. The molecule has 2 aliphatic rings. The maximum atomic E-state index is 12.7. The van der Waals surface area contributed by atoms with Gasteiger partial charge in [0.25, 0.3) is 0 Å². The summed E-state index contributed by atoms with van der Waals surface area (Å²) in [5, 5.41) is 0. The minimum atomic E-state index is -0.424. The first-order valence-electron chi connectivity index (χ1n) is 8.05. The normalized spacial score (nSPS) is 21.3. The van der Waals surface area contributed by atoms with Crippen molar-refractivity contribution in [1.29, 1.82) is 0 Å². The molecule has 0 unspecified atom stereocenters. The van der Waals surface area contributed by atoms with Crippen LogP contribution in [0.4, 0.5) is 0 Å². The minimum Gasteiger partial charge on any atom is -0.347 e. The molecule has 2 aliphatic heterocycles.